The van der Waals surface area contributed by atoms with E-state index in [1.54, 1.807) is 6.20 Å². The summed E-state index contributed by atoms with van der Waals surface area (Å²) in [4.78, 5) is 19.6. The van der Waals surface area contributed by atoms with E-state index in [1.807, 2.05) is 54.6 Å². The Balaban J connectivity index is 1.24. The third-order valence-electron chi connectivity index (χ3n) is 9.87. The summed E-state index contributed by atoms with van der Waals surface area (Å²) >= 11 is 0. The second kappa shape index (κ2) is 12.6. The van der Waals surface area contributed by atoms with E-state index in [1.165, 1.54) is 32.7 Å². The largest absolute Gasteiger partial charge is 0.256 e. The highest BCUT2D eigenvalue weighted by atomic mass is 15.0. The van der Waals surface area contributed by atoms with Gasteiger partial charge in [0.2, 0.25) is 0 Å². The maximum absolute atomic E-state index is 9.58. The third-order valence-corrected chi connectivity index (χ3v) is 9.87. The van der Waals surface area contributed by atoms with Crippen molar-refractivity contribution in [1.29, 1.82) is 5.26 Å². The van der Waals surface area contributed by atoms with Crippen LogP contribution in [0.5, 0.6) is 0 Å². The van der Waals surface area contributed by atoms with Gasteiger partial charge < -0.3 is 0 Å². The van der Waals surface area contributed by atoms with Crippen molar-refractivity contribution in [2.24, 2.45) is 5.92 Å². The van der Waals surface area contributed by atoms with E-state index in [4.69, 9.17) is 15.0 Å². The lowest BCUT2D eigenvalue weighted by Crippen LogP contribution is -2.10. The molecular weight excluding hydrogens is 623 g/mol. The van der Waals surface area contributed by atoms with Crippen molar-refractivity contribution in [2.45, 2.75) is 12.8 Å². The molecular formula is C46H31N5. The number of aromatic nitrogens is 4. The maximum Gasteiger partial charge on any atom is 0.164 e. The Morgan fingerprint density at radius 3 is 1.86 bits per heavy atom. The Labute approximate surface area is 296 Å². The van der Waals surface area contributed by atoms with E-state index in [-0.39, 0.29) is 11.8 Å². The maximum atomic E-state index is 9.58. The van der Waals surface area contributed by atoms with E-state index in [0.29, 0.717) is 17.5 Å². The fourth-order valence-corrected chi connectivity index (χ4v) is 7.47. The summed E-state index contributed by atoms with van der Waals surface area (Å²) in [6.07, 6.45) is 8.06. The average molecular weight is 654 g/mol. The van der Waals surface area contributed by atoms with Crippen molar-refractivity contribution in [3.63, 3.8) is 0 Å². The van der Waals surface area contributed by atoms with Crippen LogP contribution in [0.4, 0.5) is 0 Å². The first-order valence-electron chi connectivity index (χ1n) is 17.2. The number of allylic oxidation sites excluding steroid dienone is 4. The van der Waals surface area contributed by atoms with Gasteiger partial charge >= 0.3 is 0 Å². The quantitative estimate of drug-likeness (QED) is 0.173. The number of nitriles is 1. The van der Waals surface area contributed by atoms with Gasteiger partial charge in [0.25, 0.3) is 0 Å². The molecule has 0 spiro atoms. The predicted molar refractivity (Wildman–Crippen MR) is 207 cm³/mol. The summed E-state index contributed by atoms with van der Waals surface area (Å²) < 4.78 is 0. The smallest absolute Gasteiger partial charge is 0.164 e. The highest BCUT2D eigenvalue weighted by Crippen LogP contribution is 2.45. The number of rotatable bonds is 5. The lowest BCUT2D eigenvalue weighted by molar-refractivity contribution is 0.639. The van der Waals surface area contributed by atoms with Crippen LogP contribution in [0.1, 0.15) is 18.4 Å². The van der Waals surface area contributed by atoms with E-state index in [2.05, 4.69) is 115 Å². The first-order valence-corrected chi connectivity index (χ1v) is 17.2. The molecule has 0 fully saturated rings. The highest BCUT2D eigenvalue weighted by Gasteiger charge is 2.25. The van der Waals surface area contributed by atoms with Crippen molar-refractivity contribution < 1.29 is 0 Å². The fourth-order valence-electron chi connectivity index (χ4n) is 7.47. The molecule has 51 heavy (non-hydrogen) atoms. The Morgan fingerprint density at radius 1 is 0.569 bits per heavy atom. The number of pyridine rings is 1. The van der Waals surface area contributed by atoms with Crippen LogP contribution in [-0.4, -0.2) is 19.9 Å². The molecule has 9 rings (SSSR count). The van der Waals surface area contributed by atoms with Crippen molar-refractivity contribution in [3.8, 4) is 51.4 Å². The number of hydrogen-bond donors (Lipinski definition) is 0. The van der Waals surface area contributed by atoms with Crippen LogP contribution in [0.15, 0.2) is 163 Å². The molecule has 5 heteroatoms. The third kappa shape index (κ3) is 5.44. The molecule has 0 saturated carbocycles. The second-order valence-electron chi connectivity index (χ2n) is 13.0. The topological polar surface area (TPSA) is 75.3 Å². The molecule has 0 N–H and O–H groups in total. The summed E-state index contributed by atoms with van der Waals surface area (Å²) in [7, 11) is 0. The van der Waals surface area contributed by atoms with Gasteiger partial charge in [0.05, 0.1) is 11.6 Å². The number of nitrogens with zero attached hydrogens (tertiary/aromatic N) is 5. The van der Waals surface area contributed by atoms with Crippen molar-refractivity contribution >= 4 is 32.4 Å². The Bertz CT molecular complexity index is 2680. The molecule has 1 aliphatic carbocycles. The molecule has 2 atom stereocenters. The van der Waals surface area contributed by atoms with Crippen LogP contribution in [0.25, 0.3) is 77.7 Å². The molecule has 240 valence electrons. The summed E-state index contributed by atoms with van der Waals surface area (Å²) in [5.41, 5.74) is 7.94. The molecule has 0 saturated heterocycles. The van der Waals surface area contributed by atoms with E-state index < -0.39 is 0 Å². The number of benzene rings is 6. The molecule has 6 aromatic carbocycles. The summed E-state index contributed by atoms with van der Waals surface area (Å²) in [5, 5.41) is 15.4. The molecule has 0 aliphatic heterocycles. The molecule has 0 amide bonds. The standard InChI is InChI=1S/C46H31N5/c1-29-25-30(28-47)20-22-36(29)43-39-18-7-5-16-37(39)42(38-17-6-8-19-40(38)43)33-13-9-14-34(27-33)45-49-44(31-11-3-2-4-12-31)50-46(51-45)35-21-23-41-32(26-35)15-10-24-48-41/h2-27,29,36H,1H3. The average Bonchev–Trinajstić information content (AvgIpc) is 3.20. The first-order chi connectivity index (χ1) is 25.1. The molecule has 8 aromatic rings. The summed E-state index contributed by atoms with van der Waals surface area (Å²) in [5.74, 6) is 2.16. The van der Waals surface area contributed by atoms with Crippen LogP contribution < -0.4 is 0 Å². The second-order valence-corrected chi connectivity index (χ2v) is 13.0. The lowest BCUT2D eigenvalue weighted by Gasteiger charge is -2.26. The van der Waals surface area contributed by atoms with Gasteiger partial charge in [-0.15, -0.1) is 0 Å². The van der Waals surface area contributed by atoms with Crippen LogP contribution in [-0.2, 0) is 0 Å². The SMILES string of the molecule is CC1C=C(C#N)C=CC1c1c2ccccc2c(-c2cccc(-c3nc(-c4ccccc4)nc(-c4ccc5ncccc5c4)n3)c2)c2ccccc12. The Hall–Kier alpha value is -6.77. The Kier molecular flexibility index (Phi) is 7.48. The fraction of sp³-hybridized carbons (Fsp3) is 0.0652. The minimum Gasteiger partial charge on any atom is -0.256 e. The van der Waals surface area contributed by atoms with Crippen LogP contribution >= 0.6 is 0 Å². The zero-order valence-electron chi connectivity index (χ0n) is 27.9. The van der Waals surface area contributed by atoms with E-state index >= 15 is 0 Å². The van der Waals surface area contributed by atoms with E-state index in [9.17, 15) is 5.26 Å². The highest BCUT2D eigenvalue weighted by molar-refractivity contribution is 6.15. The minimum absolute atomic E-state index is 0.142. The van der Waals surface area contributed by atoms with Crippen molar-refractivity contribution in [2.75, 3.05) is 0 Å². The van der Waals surface area contributed by atoms with Gasteiger partial charge in [-0.25, -0.2) is 15.0 Å². The number of hydrogen-bond acceptors (Lipinski definition) is 5. The molecule has 2 heterocycles. The van der Waals surface area contributed by atoms with Gasteiger partial charge in [0, 0.05) is 39.8 Å². The van der Waals surface area contributed by atoms with Crippen LogP contribution in [0.2, 0.25) is 0 Å². The molecule has 2 aromatic heterocycles. The van der Waals surface area contributed by atoms with Gasteiger partial charge in [-0.3, -0.25) is 4.98 Å². The van der Waals surface area contributed by atoms with Gasteiger partial charge in [-0.2, -0.15) is 5.26 Å². The van der Waals surface area contributed by atoms with Crippen molar-refractivity contribution in [3.05, 3.63) is 169 Å². The van der Waals surface area contributed by atoms with Gasteiger partial charge in [-0.1, -0.05) is 122 Å². The molecule has 0 bridgehead atoms. The molecule has 1 aliphatic rings. The monoisotopic (exact) mass is 653 g/mol. The number of fused-ring (bicyclic) bond motifs is 3. The predicted octanol–water partition coefficient (Wildman–Crippen LogP) is 11.1. The van der Waals surface area contributed by atoms with Gasteiger partial charge in [0.1, 0.15) is 0 Å². The van der Waals surface area contributed by atoms with Gasteiger partial charge in [0.15, 0.2) is 17.5 Å². The zero-order valence-corrected chi connectivity index (χ0v) is 27.9. The minimum atomic E-state index is 0.142. The summed E-state index contributed by atoms with van der Waals surface area (Å²) in [6.45, 7) is 2.20. The van der Waals surface area contributed by atoms with Crippen molar-refractivity contribution in [1.82, 2.24) is 19.9 Å². The van der Waals surface area contributed by atoms with Crippen LogP contribution in [0, 0.1) is 17.2 Å². The van der Waals surface area contributed by atoms with Gasteiger partial charge in [-0.05, 0) is 80.6 Å². The molecule has 2 unspecified atom stereocenters. The normalized spacial score (nSPS) is 15.6. The Morgan fingerprint density at radius 2 is 1.18 bits per heavy atom. The van der Waals surface area contributed by atoms with E-state index in [0.717, 1.165) is 38.7 Å². The molecule has 0 radical (unpaired) electrons. The molecule has 5 nitrogen and oxygen atoms in total. The van der Waals surface area contributed by atoms with Crippen LogP contribution in [0.3, 0.4) is 0 Å². The lowest BCUT2D eigenvalue weighted by atomic mass is 9.77. The first kappa shape index (κ1) is 30.3. The zero-order chi connectivity index (χ0) is 34.3. The summed E-state index contributed by atoms with van der Waals surface area (Å²) in [6, 6.07) is 48.5.